The molecule has 0 radical (unpaired) electrons. The number of amides is 3. The first-order valence-corrected chi connectivity index (χ1v) is 7.01. The summed E-state index contributed by atoms with van der Waals surface area (Å²) in [4.78, 5) is 35.7. The Bertz CT molecular complexity index is 580. The van der Waals surface area contributed by atoms with E-state index in [9.17, 15) is 14.4 Å². The van der Waals surface area contributed by atoms with E-state index in [0.29, 0.717) is 5.69 Å². The molecular formula is C13H13Cl2N3O3. The van der Waals surface area contributed by atoms with Crippen LogP contribution in [0.1, 0.15) is 19.3 Å². The van der Waals surface area contributed by atoms with Crippen molar-refractivity contribution in [3.8, 4) is 0 Å². The van der Waals surface area contributed by atoms with Gasteiger partial charge in [0.2, 0.25) is 17.7 Å². The Kier molecular flexibility index (Phi) is 4.69. The number of likely N-dealkylation sites (tertiary alicyclic amines) is 1. The molecule has 21 heavy (non-hydrogen) atoms. The molecule has 1 aromatic carbocycles. The average molecular weight is 330 g/mol. The van der Waals surface area contributed by atoms with Crippen LogP contribution in [0.3, 0.4) is 0 Å². The second-order valence-corrected chi connectivity index (χ2v) is 5.41. The second-order valence-electron chi connectivity index (χ2n) is 4.59. The molecule has 0 aromatic heterocycles. The van der Waals surface area contributed by atoms with Gasteiger partial charge in [-0.15, -0.1) is 0 Å². The Labute approximate surface area is 131 Å². The smallest absolute Gasteiger partial charge is 0.229 e. The Balaban J connectivity index is 1.93. The second kappa shape index (κ2) is 6.32. The van der Waals surface area contributed by atoms with Crippen molar-refractivity contribution in [1.82, 2.24) is 4.90 Å². The Morgan fingerprint density at radius 1 is 1.19 bits per heavy atom. The third-order valence-corrected chi connectivity index (χ3v) is 3.71. The predicted molar refractivity (Wildman–Crippen MR) is 80.1 cm³/mol. The van der Waals surface area contributed by atoms with Crippen LogP contribution in [-0.4, -0.2) is 29.2 Å². The van der Waals surface area contributed by atoms with Gasteiger partial charge in [-0.3, -0.25) is 19.3 Å². The molecule has 6 nitrogen and oxygen atoms in total. The van der Waals surface area contributed by atoms with E-state index in [-0.39, 0.29) is 59.3 Å². The number of nitrogen functional groups attached to an aromatic ring is 1. The first kappa shape index (κ1) is 15.6. The van der Waals surface area contributed by atoms with Crippen LogP contribution in [0, 0.1) is 0 Å². The normalized spacial score (nSPS) is 14.7. The molecule has 8 heteroatoms. The summed E-state index contributed by atoms with van der Waals surface area (Å²) in [5.41, 5.74) is 6.24. The summed E-state index contributed by atoms with van der Waals surface area (Å²) < 4.78 is 0. The number of nitrogens with zero attached hydrogens (tertiary/aromatic N) is 1. The van der Waals surface area contributed by atoms with Gasteiger partial charge in [0.15, 0.2) is 0 Å². The van der Waals surface area contributed by atoms with E-state index in [0.717, 1.165) is 4.90 Å². The van der Waals surface area contributed by atoms with Gasteiger partial charge in [0.05, 0.1) is 15.7 Å². The Morgan fingerprint density at radius 2 is 1.71 bits per heavy atom. The molecule has 3 amide bonds. The highest BCUT2D eigenvalue weighted by molar-refractivity contribution is 6.39. The van der Waals surface area contributed by atoms with Gasteiger partial charge in [-0.1, -0.05) is 23.2 Å². The monoisotopic (exact) mass is 329 g/mol. The number of nitrogens with one attached hydrogen (secondary N) is 1. The summed E-state index contributed by atoms with van der Waals surface area (Å²) in [7, 11) is 0. The van der Waals surface area contributed by atoms with Crippen LogP contribution < -0.4 is 11.1 Å². The molecule has 0 atom stereocenters. The number of imide groups is 1. The van der Waals surface area contributed by atoms with Gasteiger partial charge in [-0.25, -0.2) is 0 Å². The number of halogens is 2. The standard InChI is InChI=1S/C13H13Cl2N3O3/c14-8-5-7(6-9(15)13(8)16)17-10(19)3-4-18-11(20)1-2-12(18)21/h5-6H,1-4,16H2,(H,17,19). The van der Waals surface area contributed by atoms with E-state index in [4.69, 9.17) is 28.9 Å². The molecule has 1 aromatic rings. The SMILES string of the molecule is Nc1c(Cl)cc(NC(=O)CCN2C(=O)CCC2=O)cc1Cl. The minimum Gasteiger partial charge on any atom is -0.396 e. The molecule has 0 bridgehead atoms. The van der Waals surface area contributed by atoms with Gasteiger partial charge in [0.25, 0.3) is 0 Å². The zero-order valence-electron chi connectivity index (χ0n) is 11.0. The zero-order chi connectivity index (χ0) is 15.6. The highest BCUT2D eigenvalue weighted by Gasteiger charge is 2.28. The van der Waals surface area contributed by atoms with Crippen molar-refractivity contribution in [3.05, 3.63) is 22.2 Å². The number of rotatable bonds is 4. The molecule has 1 aliphatic heterocycles. The fourth-order valence-corrected chi connectivity index (χ4v) is 2.45. The molecule has 1 saturated heterocycles. The number of hydrogen-bond donors (Lipinski definition) is 2. The number of anilines is 2. The number of benzene rings is 1. The van der Waals surface area contributed by atoms with E-state index in [2.05, 4.69) is 5.32 Å². The van der Waals surface area contributed by atoms with Gasteiger partial charge < -0.3 is 11.1 Å². The quantitative estimate of drug-likeness (QED) is 0.653. The summed E-state index contributed by atoms with van der Waals surface area (Å²) in [6.45, 7) is 0.0694. The van der Waals surface area contributed by atoms with Gasteiger partial charge in [0.1, 0.15) is 0 Å². The van der Waals surface area contributed by atoms with Crippen LogP contribution in [0.4, 0.5) is 11.4 Å². The molecular weight excluding hydrogens is 317 g/mol. The average Bonchev–Trinajstić information content (AvgIpc) is 2.73. The molecule has 112 valence electrons. The number of carbonyl (C=O) groups is 3. The van der Waals surface area contributed by atoms with Gasteiger partial charge in [-0.2, -0.15) is 0 Å². The van der Waals surface area contributed by atoms with E-state index in [1.165, 1.54) is 12.1 Å². The zero-order valence-corrected chi connectivity index (χ0v) is 12.5. The lowest BCUT2D eigenvalue weighted by molar-refractivity contribution is -0.138. The van der Waals surface area contributed by atoms with Gasteiger partial charge in [-0.05, 0) is 12.1 Å². The van der Waals surface area contributed by atoms with Crippen molar-refractivity contribution in [2.45, 2.75) is 19.3 Å². The van der Waals surface area contributed by atoms with E-state index < -0.39 is 0 Å². The molecule has 1 heterocycles. The van der Waals surface area contributed by atoms with Gasteiger partial charge in [0, 0.05) is 31.5 Å². The lowest BCUT2D eigenvalue weighted by Crippen LogP contribution is -2.32. The molecule has 3 N–H and O–H groups in total. The summed E-state index contributed by atoms with van der Waals surface area (Å²) in [5.74, 6) is -0.836. The molecule has 1 aliphatic rings. The first-order valence-electron chi connectivity index (χ1n) is 6.26. The highest BCUT2D eigenvalue weighted by Crippen LogP contribution is 2.31. The van der Waals surface area contributed by atoms with Crippen molar-refractivity contribution in [2.24, 2.45) is 0 Å². The van der Waals surface area contributed by atoms with Crippen molar-refractivity contribution in [3.63, 3.8) is 0 Å². The molecule has 0 spiro atoms. The summed E-state index contributed by atoms with van der Waals surface area (Å²) in [5, 5.41) is 3.07. The predicted octanol–water partition coefficient (Wildman–Crippen LogP) is 2.05. The fourth-order valence-electron chi connectivity index (χ4n) is 1.97. The number of hydrogen-bond acceptors (Lipinski definition) is 4. The molecule has 0 saturated carbocycles. The maximum absolute atomic E-state index is 11.8. The maximum Gasteiger partial charge on any atom is 0.229 e. The lowest BCUT2D eigenvalue weighted by atomic mass is 10.2. The van der Waals surface area contributed by atoms with Crippen molar-refractivity contribution < 1.29 is 14.4 Å². The topological polar surface area (TPSA) is 92.5 Å². The molecule has 2 rings (SSSR count). The third kappa shape index (κ3) is 3.65. The summed E-state index contributed by atoms with van der Waals surface area (Å²) in [6.07, 6.45) is 0.435. The third-order valence-electron chi connectivity index (χ3n) is 3.08. The van der Waals surface area contributed by atoms with Crippen LogP contribution in [0.15, 0.2) is 12.1 Å². The van der Waals surface area contributed by atoms with Gasteiger partial charge >= 0.3 is 0 Å². The molecule has 0 unspecified atom stereocenters. The summed E-state index contributed by atoms with van der Waals surface area (Å²) >= 11 is 11.7. The molecule has 1 fully saturated rings. The Hall–Kier alpha value is -1.79. The van der Waals surface area contributed by atoms with Crippen LogP contribution in [-0.2, 0) is 14.4 Å². The lowest BCUT2D eigenvalue weighted by Gasteiger charge is -2.13. The van der Waals surface area contributed by atoms with Crippen LogP contribution >= 0.6 is 23.2 Å². The van der Waals surface area contributed by atoms with Crippen LogP contribution in [0.25, 0.3) is 0 Å². The van der Waals surface area contributed by atoms with Crippen LogP contribution in [0.5, 0.6) is 0 Å². The number of nitrogens with two attached hydrogens (primary N) is 1. The van der Waals surface area contributed by atoms with Crippen LogP contribution in [0.2, 0.25) is 10.0 Å². The van der Waals surface area contributed by atoms with E-state index in [1.807, 2.05) is 0 Å². The first-order chi connectivity index (χ1) is 9.88. The number of carbonyl (C=O) groups excluding carboxylic acids is 3. The van der Waals surface area contributed by atoms with E-state index >= 15 is 0 Å². The minimum atomic E-state index is -0.348. The Morgan fingerprint density at radius 3 is 2.24 bits per heavy atom. The van der Waals surface area contributed by atoms with E-state index in [1.54, 1.807) is 0 Å². The largest absolute Gasteiger partial charge is 0.396 e. The highest BCUT2D eigenvalue weighted by atomic mass is 35.5. The summed E-state index contributed by atoms with van der Waals surface area (Å²) in [6, 6.07) is 2.96. The van der Waals surface area contributed by atoms with Crippen molar-refractivity contribution in [2.75, 3.05) is 17.6 Å². The maximum atomic E-state index is 11.8. The minimum absolute atomic E-state index is 0.0110. The molecule has 0 aliphatic carbocycles. The van der Waals surface area contributed by atoms with Crippen molar-refractivity contribution >= 4 is 52.3 Å². The fraction of sp³-hybridized carbons (Fsp3) is 0.308. The van der Waals surface area contributed by atoms with Crippen molar-refractivity contribution in [1.29, 1.82) is 0 Å².